The lowest BCUT2D eigenvalue weighted by molar-refractivity contribution is 0.0685. The third-order valence-corrected chi connectivity index (χ3v) is 7.49. The first-order valence-electron chi connectivity index (χ1n) is 12.4. The number of carbonyl (C=O) groups is 2. The van der Waals surface area contributed by atoms with E-state index in [0.717, 1.165) is 23.4 Å². The molecule has 10 nitrogen and oxygen atoms in total. The molecule has 12 heteroatoms. The number of benzene rings is 2. The van der Waals surface area contributed by atoms with E-state index in [1.165, 1.54) is 62.6 Å². The highest BCUT2D eigenvalue weighted by Crippen LogP contribution is 2.41. The van der Waals surface area contributed by atoms with E-state index in [4.69, 9.17) is 9.15 Å². The second-order valence-electron chi connectivity index (χ2n) is 9.04. The molecule has 0 aliphatic rings. The third-order valence-electron chi connectivity index (χ3n) is 6.30. The van der Waals surface area contributed by atoms with Crippen LogP contribution in [-0.2, 0) is 10.0 Å². The third kappa shape index (κ3) is 5.62. The average Bonchev–Trinajstić information content (AvgIpc) is 3.30. The number of sulfonamides is 1. The number of nitrogens with one attached hydrogen (secondary N) is 1. The molecule has 0 saturated carbocycles. The second kappa shape index (κ2) is 11.3. The minimum Gasteiger partial charge on any atom is -0.491 e. The van der Waals surface area contributed by atoms with Crippen molar-refractivity contribution in [1.29, 1.82) is 0 Å². The fraction of sp³-hybridized carbons (Fsp3) is 0.250. The minimum atomic E-state index is -3.78. The Morgan fingerprint density at radius 2 is 1.85 bits per heavy atom. The van der Waals surface area contributed by atoms with Crippen LogP contribution in [-0.4, -0.2) is 57.3 Å². The molecule has 4 rings (SSSR count). The quantitative estimate of drug-likeness (QED) is 0.256. The van der Waals surface area contributed by atoms with E-state index >= 15 is 0 Å². The number of aromatic carboxylic acids is 1. The summed E-state index contributed by atoms with van der Waals surface area (Å²) in [5.74, 6) is -2.05. The molecule has 2 aromatic heterocycles. The standard InChI is InChI=1S/C28H28FN3O7S/c1-5-6-13-38-22-12-11-20(31-25(22)28(34)35)18-14-19-23(15-21(18)32(3)40(4,36)37)39-26(24(19)27(33)30-2)16-7-9-17(29)10-8-16/h7-12,14-15H,5-6,13H2,1-4H3,(H,30,33)(H,34,35). The van der Waals surface area contributed by atoms with Gasteiger partial charge in [0.25, 0.3) is 5.91 Å². The van der Waals surface area contributed by atoms with E-state index in [1.54, 1.807) is 0 Å². The Morgan fingerprint density at radius 3 is 2.45 bits per heavy atom. The van der Waals surface area contributed by atoms with Crippen LogP contribution in [0.2, 0.25) is 0 Å². The molecule has 0 aliphatic heterocycles. The lowest BCUT2D eigenvalue weighted by atomic mass is 10.0. The average molecular weight is 570 g/mol. The van der Waals surface area contributed by atoms with E-state index in [2.05, 4.69) is 10.3 Å². The van der Waals surface area contributed by atoms with E-state index < -0.39 is 27.7 Å². The summed E-state index contributed by atoms with van der Waals surface area (Å²) >= 11 is 0. The highest BCUT2D eigenvalue weighted by atomic mass is 32.2. The van der Waals surface area contributed by atoms with E-state index in [1.807, 2.05) is 6.92 Å². The molecule has 0 aliphatic carbocycles. The summed E-state index contributed by atoms with van der Waals surface area (Å²) in [6.45, 7) is 2.28. The summed E-state index contributed by atoms with van der Waals surface area (Å²) in [7, 11) is -1.00. The zero-order valence-electron chi connectivity index (χ0n) is 22.3. The Labute approximate surface area is 230 Å². The summed E-state index contributed by atoms with van der Waals surface area (Å²) in [5.41, 5.74) is 0.922. The van der Waals surface area contributed by atoms with Crippen molar-refractivity contribution in [1.82, 2.24) is 10.3 Å². The van der Waals surface area contributed by atoms with Gasteiger partial charge in [0.15, 0.2) is 11.4 Å². The normalized spacial score (nSPS) is 11.4. The Morgan fingerprint density at radius 1 is 1.15 bits per heavy atom. The number of nitrogens with zero attached hydrogens (tertiary/aromatic N) is 2. The number of carbonyl (C=O) groups excluding carboxylic acids is 1. The largest absolute Gasteiger partial charge is 0.491 e. The van der Waals surface area contributed by atoms with Gasteiger partial charge in [0.1, 0.15) is 17.2 Å². The second-order valence-corrected chi connectivity index (χ2v) is 11.1. The van der Waals surface area contributed by atoms with Crippen LogP contribution in [0.15, 0.2) is 52.9 Å². The number of furan rings is 1. The molecular formula is C28H28FN3O7S. The topological polar surface area (TPSA) is 139 Å². The first-order valence-corrected chi connectivity index (χ1v) is 14.2. The van der Waals surface area contributed by atoms with Gasteiger partial charge in [0, 0.05) is 36.7 Å². The number of rotatable bonds is 10. The molecule has 40 heavy (non-hydrogen) atoms. The number of hydrogen-bond acceptors (Lipinski definition) is 7. The lowest BCUT2D eigenvalue weighted by Gasteiger charge is -2.20. The van der Waals surface area contributed by atoms with Crippen LogP contribution in [0.25, 0.3) is 33.6 Å². The Kier molecular flexibility index (Phi) is 8.10. The van der Waals surface area contributed by atoms with Gasteiger partial charge in [-0.25, -0.2) is 22.6 Å². The number of carboxylic acid groups (broad SMARTS) is 1. The Bertz CT molecular complexity index is 1700. The number of ether oxygens (including phenoxy) is 1. The van der Waals surface area contributed by atoms with Gasteiger partial charge >= 0.3 is 5.97 Å². The summed E-state index contributed by atoms with van der Waals surface area (Å²) in [6.07, 6.45) is 2.59. The zero-order valence-corrected chi connectivity index (χ0v) is 23.1. The maximum absolute atomic E-state index is 13.6. The summed E-state index contributed by atoms with van der Waals surface area (Å²) in [6, 6.07) is 11.3. The van der Waals surface area contributed by atoms with Crippen molar-refractivity contribution in [2.24, 2.45) is 0 Å². The van der Waals surface area contributed by atoms with Crippen molar-refractivity contribution in [3.63, 3.8) is 0 Å². The Balaban J connectivity index is 2.02. The number of halogens is 1. The van der Waals surface area contributed by atoms with Gasteiger partial charge in [-0.05, 0) is 48.9 Å². The zero-order chi connectivity index (χ0) is 29.2. The molecule has 0 unspecified atom stereocenters. The predicted octanol–water partition coefficient (Wildman–Crippen LogP) is 4.93. The van der Waals surface area contributed by atoms with Crippen molar-refractivity contribution >= 4 is 38.6 Å². The van der Waals surface area contributed by atoms with Gasteiger partial charge in [0.05, 0.1) is 29.8 Å². The fourth-order valence-electron chi connectivity index (χ4n) is 4.12. The number of fused-ring (bicyclic) bond motifs is 1. The van der Waals surface area contributed by atoms with Crippen LogP contribution < -0.4 is 14.4 Å². The van der Waals surface area contributed by atoms with Crippen molar-refractivity contribution in [3.05, 3.63) is 65.6 Å². The van der Waals surface area contributed by atoms with Crippen LogP contribution in [0.4, 0.5) is 10.1 Å². The van der Waals surface area contributed by atoms with Gasteiger partial charge in [-0.1, -0.05) is 13.3 Å². The van der Waals surface area contributed by atoms with Crippen LogP contribution in [0.5, 0.6) is 5.75 Å². The number of anilines is 1. The summed E-state index contributed by atoms with van der Waals surface area (Å²) in [5, 5.41) is 12.7. The fourth-order valence-corrected chi connectivity index (χ4v) is 4.63. The molecule has 0 atom stereocenters. The first-order chi connectivity index (χ1) is 19.0. The lowest BCUT2D eigenvalue weighted by Crippen LogP contribution is -2.25. The molecule has 210 valence electrons. The molecule has 1 amide bonds. The first kappa shape index (κ1) is 28.6. The number of carboxylic acids is 1. The predicted molar refractivity (Wildman–Crippen MR) is 149 cm³/mol. The molecular weight excluding hydrogens is 541 g/mol. The molecule has 2 aromatic carbocycles. The van der Waals surface area contributed by atoms with Crippen LogP contribution in [0.1, 0.15) is 40.6 Å². The molecule has 0 fully saturated rings. The molecule has 0 radical (unpaired) electrons. The van der Waals surface area contributed by atoms with Crippen molar-refractivity contribution in [2.45, 2.75) is 19.8 Å². The summed E-state index contributed by atoms with van der Waals surface area (Å²) < 4.78 is 51.4. The van der Waals surface area contributed by atoms with Crippen molar-refractivity contribution in [2.75, 3.05) is 31.3 Å². The van der Waals surface area contributed by atoms with Crippen LogP contribution in [0, 0.1) is 5.82 Å². The number of pyridine rings is 1. The Hall–Kier alpha value is -4.45. The number of unbranched alkanes of at least 4 members (excludes halogenated alkanes) is 1. The van der Waals surface area contributed by atoms with Crippen LogP contribution in [0.3, 0.4) is 0 Å². The number of aromatic nitrogens is 1. The van der Waals surface area contributed by atoms with Gasteiger partial charge in [-0.15, -0.1) is 0 Å². The van der Waals surface area contributed by atoms with Gasteiger partial charge in [-0.3, -0.25) is 9.10 Å². The van der Waals surface area contributed by atoms with Crippen molar-refractivity contribution < 1.29 is 36.7 Å². The SMILES string of the molecule is CCCCOc1ccc(-c2cc3c(C(=O)NC)c(-c4ccc(F)cc4)oc3cc2N(C)S(C)(=O)=O)nc1C(=O)O. The van der Waals surface area contributed by atoms with Crippen molar-refractivity contribution in [3.8, 4) is 28.3 Å². The maximum Gasteiger partial charge on any atom is 0.358 e. The smallest absolute Gasteiger partial charge is 0.358 e. The van der Waals surface area contributed by atoms with E-state index in [9.17, 15) is 27.5 Å². The highest BCUT2D eigenvalue weighted by Gasteiger charge is 2.27. The maximum atomic E-state index is 13.6. The van der Waals surface area contributed by atoms with Gasteiger partial charge in [-0.2, -0.15) is 0 Å². The number of hydrogen-bond donors (Lipinski definition) is 2. The number of amides is 1. The van der Waals surface area contributed by atoms with E-state index in [0.29, 0.717) is 17.6 Å². The molecule has 0 spiro atoms. The molecule has 4 aromatic rings. The van der Waals surface area contributed by atoms with E-state index in [-0.39, 0.29) is 45.3 Å². The highest BCUT2D eigenvalue weighted by molar-refractivity contribution is 7.92. The summed E-state index contributed by atoms with van der Waals surface area (Å²) in [4.78, 5) is 29.4. The van der Waals surface area contributed by atoms with Gasteiger partial charge in [0.2, 0.25) is 10.0 Å². The molecule has 0 bridgehead atoms. The minimum absolute atomic E-state index is 0.0803. The van der Waals surface area contributed by atoms with Crippen LogP contribution >= 0.6 is 0 Å². The molecule has 2 heterocycles. The molecule has 2 N–H and O–H groups in total. The monoisotopic (exact) mass is 569 g/mol. The molecule has 0 saturated heterocycles. The van der Waals surface area contributed by atoms with Gasteiger partial charge < -0.3 is 19.6 Å².